The zero-order valence-electron chi connectivity index (χ0n) is 8.86. The molecule has 3 N–H and O–H groups in total. The van der Waals surface area contributed by atoms with Crippen LogP contribution in [-0.2, 0) is 4.79 Å². The Morgan fingerprint density at radius 2 is 1.93 bits per heavy atom. The Labute approximate surface area is 88.7 Å². The first-order chi connectivity index (χ1) is 6.92. The third-order valence-electron chi connectivity index (χ3n) is 2.06. The van der Waals surface area contributed by atoms with Crippen molar-refractivity contribution in [1.82, 2.24) is 0 Å². The highest BCUT2D eigenvalue weighted by atomic mass is 16.5. The molecule has 0 amide bonds. The topological polar surface area (TPSA) is 72.5 Å². The van der Waals surface area contributed by atoms with Crippen LogP contribution in [0.5, 0.6) is 5.75 Å². The van der Waals surface area contributed by atoms with Crippen LogP contribution in [0.2, 0.25) is 0 Å². The molecule has 0 saturated heterocycles. The van der Waals surface area contributed by atoms with Gasteiger partial charge in [0.1, 0.15) is 12.4 Å². The second-order valence-electron chi connectivity index (χ2n) is 4.05. The molecule has 15 heavy (non-hydrogen) atoms. The Bertz CT molecular complexity index is 343. The number of benzene rings is 1. The van der Waals surface area contributed by atoms with E-state index in [0.717, 1.165) is 0 Å². The number of carboxylic acids is 1. The summed E-state index contributed by atoms with van der Waals surface area (Å²) in [6, 6.07) is 6.85. The lowest BCUT2D eigenvalue weighted by Crippen LogP contribution is -2.30. The van der Waals surface area contributed by atoms with Gasteiger partial charge in [-0.3, -0.25) is 4.79 Å². The average Bonchev–Trinajstić information content (AvgIpc) is 2.17. The smallest absolute Gasteiger partial charge is 0.312 e. The van der Waals surface area contributed by atoms with Crippen LogP contribution >= 0.6 is 0 Å². The fraction of sp³-hybridized carbons (Fsp3) is 0.364. The van der Waals surface area contributed by atoms with Crippen LogP contribution in [-0.4, -0.2) is 17.7 Å². The molecule has 0 unspecified atom stereocenters. The molecule has 0 bridgehead atoms. The second-order valence-corrected chi connectivity index (χ2v) is 4.05. The van der Waals surface area contributed by atoms with Gasteiger partial charge in [-0.05, 0) is 38.1 Å². The standard InChI is InChI=1S/C11H15NO3/c1-11(2,10(13)14)7-15-9-5-3-8(12)4-6-9/h3-6H,7,12H2,1-2H3,(H,13,14). The first-order valence-corrected chi connectivity index (χ1v) is 4.63. The van der Waals surface area contributed by atoms with Gasteiger partial charge in [-0.1, -0.05) is 0 Å². The van der Waals surface area contributed by atoms with Gasteiger partial charge in [0.25, 0.3) is 0 Å². The van der Waals surface area contributed by atoms with E-state index in [1.807, 2.05) is 0 Å². The van der Waals surface area contributed by atoms with Gasteiger partial charge in [0.15, 0.2) is 0 Å². The Morgan fingerprint density at radius 3 is 2.40 bits per heavy atom. The van der Waals surface area contributed by atoms with E-state index in [4.69, 9.17) is 15.6 Å². The molecule has 1 rings (SSSR count). The summed E-state index contributed by atoms with van der Waals surface area (Å²) in [6.07, 6.45) is 0. The fourth-order valence-electron chi connectivity index (χ4n) is 0.890. The van der Waals surface area contributed by atoms with E-state index in [1.165, 1.54) is 0 Å². The van der Waals surface area contributed by atoms with E-state index in [9.17, 15) is 4.79 Å². The molecule has 0 radical (unpaired) electrons. The van der Waals surface area contributed by atoms with Crippen LogP contribution in [0.15, 0.2) is 24.3 Å². The van der Waals surface area contributed by atoms with Crippen LogP contribution in [0, 0.1) is 5.41 Å². The number of anilines is 1. The van der Waals surface area contributed by atoms with Crippen LogP contribution in [0.1, 0.15) is 13.8 Å². The van der Waals surface area contributed by atoms with Gasteiger partial charge in [-0.25, -0.2) is 0 Å². The number of carboxylic acid groups (broad SMARTS) is 1. The SMILES string of the molecule is CC(C)(COc1ccc(N)cc1)C(=O)O. The van der Waals surface area contributed by atoms with E-state index in [-0.39, 0.29) is 6.61 Å². The Kier molecular flexibility index (Phi) is 3.19. The van der Waals surface area contributed by atoms with E-state index >= 15 is 0 Å². The number of hydrogen-bond acceptors (Lipinski definition) is 3. The van der Waals surface area contributed by atoms with Crippen molar-refractivity contribution in [3.05, 3.63) is 24.3 Å². The lowest BCUT2D eigenvalue weighted by Gasteiger charge is -2.19. The molecule has 0 fully saturated rings. The molecule has 0 aliphatic rings. The summed E-state index contributed by atoms with van der Waals surface area (Å²) in [5, 5.41) is 8.86. The lowest BCUT2D eigenvalue weighted by atomic mass is 9.95. The van der Waals surface area contributed by atoms with Crippen LogP contribution in [0.25, 0.3) is 0 Å². The number of nitrogen functional groups attached to an aromatic ring is 1. The van der Waals surface area contributed by atoms with E-state index in [0.29, 0.717) is 11.4 Å². The summed E-state index contributed by atoms with van der Waals surface area (Å²) < 4.78 is 5.35. The number of rotatable bonds is 4. The number of aliphatic carboxylic acids is 1. The molecular weight excluding hydrogens is 194 g/mol. The van der Waals surface area contributed by atoms with Gasteiger partial charge < -0.3 is 15.6 Å². The quantitative estimate of drug-likeness (QED) is 0.741. The number of ether oxygens (including phenoxy) is 1. The summed E-state index contributed by atoms with van der Waals surface area (Å²) in [7, 11) is 0. The normalized spacial score (nSPS) is 11.1. The van der Waals surface area contributed by atoms with Crippen molar-refractivity contribution in [2.75, 3.05) is 12.3 Å². The van der Waals surface area contributed by atoms with Gasteiger partial charge in [0, 0.05) is 5.69 Å². The van der Waals surface area contributed by atoms with Crippen molar-refractivity contribution in [3.63, 3.8) is 0 Å². The minimum atomic E-state index is -0.888. The molecule has 4 nitrogen and oxygen atoms in total. The van der Waals surface area contributed by atoms with Gasteiger partial charge in [-0.15, -0.1) is 0 Å². The van der Waals surface area contributed by atoms with Crippen molar-refractivity contribution < 1.29 is 14.6 Å². The van der Waals surface area contributed by atoms with Crippen molar-refractivity contribution in [2.45, 2.75) is 13.8 Å². The fourth-order valence-corrected chi connectivity index (χ4v) is 0.890. The number of carbonyl (C=O) groups is 1. The van der Waals surface area contributed by atoms with Crippen molar-refractivity contribution in [3.8, 4) is 5.75 Å². The molecule has 0 aliphatic heterocycles. The lowest BCUT2D eigenvalue weighted by molar-refractivity contribution is -0.148. The van der Waals surface area contributed by atoms with Gasteiger partial charge in [0.2, 0.25) is 0 Å². The third kappa shape index (κ3) is 3.16. The first-order valence-electron chi connectivity index (χ1n) is 4.63. The Balaban J connectivity index is 2.57. The molecule has 0 saturated carbocycles. The maximum absolute atomic E-state index is 10.8. The molecular formula is C11H15NO3. The predicted octanol–water partition coefficient (Wildman–Crippen LogP) is 1.76. The summed E-state index contributed by atoms with van der Waals surface area (Å²) in [6.45, 7) is 3.37. The second kappa shape index (κ2) is 4.21. The number of hydrogen-bond donors (Lipinski definition) is 2. The molecule has 0 atom stereocenters. The molecule has 4 heteroatoms. The first kappa shape index (κ1) is 11.4. The molecule has 1 aromatic rings. The van der Waals surface area contributed by atoms with Crippen LogP contribution < -0.4 is 10.5 Å². The van der Waals surface area contributed by atoms with Gasteiger partial charge in [-0.2, -0.15) is 0 Å². The predicted molar refractivity (Wildman–Crippen MR) is 57.8 cm³/mol. The van der Waals surface area contributed by atoms with Crippen LogP contribution in [0.3, 0.4) is 0 Å². The highest BCUT2D eigenvalue weighted by molar-refractivity contribution is 5.73. The third-order valence-corrected chi connectivity index (χ3v) is 2.06. The highest BCUT2D eigenvalue weighted by Crippen LogP contribution is 2.19. The molecule has 0 aliphatic carbocycles. The van der Waals surface area contributed by atoms with E-state index in [2.05, 4.69) is 0 Å². The zero-order valence-corrected chi connectivity index (χ0v) is 8.86. The summed E-state index contributed by atoms with van der Waals surface area (Å²) in [5.41, 5.74) is 5.27. The van der Waals surface area contributed by atoms with E-state index < -0.39 is 11.4 Å². The molecule has 82 valence electrons. The van der Waals surface area contributed by atoms with E-state index in [1.54, 1.807) is 38.1 Å². The van der Waals surface area contributed by atoms with Gasteiger partial charge in [0.05, 0.1) is 5.41 Å². The number of nitrogens with two attached hydrogens (primary N) is 1. The zero-order chi connectivity index (χ0) is 11.5. The minimum absolute atomic E-state index is 0.131. The molecule has 0 spiro atoms. The Hall–Kier alpha value is -1.71. The van der Waals surface area contributed by atoms with Crippen molar-refractivity contribution in [1.29, 1.82) is 0 Å². The van der Waals surface area contributed by atoms with Gasteiger partial charge >= 0.3 is 5.97 Å². The van der Waals surface area contributed by atoms with Crippen molar-refractivity contribution in [2.24, 2.45) is 5.41 Å². The summed E-state index contributed by atoms with van der Waals surface area (Å²) >= 11 is 0. The minimum Gasteiger partial charge on any atom is -0.492 e. The molecule has 0 aromatic heterocycles. The largest absolute Gasteiger partial charge is 0.492 e. The Morgan fingerprint density at radius 1 is 1.40 bits per heavy atom. The van der Waals surface area contributed by atoms with Crippen molar-refractivity contribution >= 4 is 11.7 Å². The molecule has 1 aromatic carbocycles. The maximum Gasteiger partial charge on any atom is 0.312 e. The highest BCUT2D eigenvalue weighted by Gasteiger charge is 2.27. The van der Waals surface area contributed by atoms with Crippen LogP contribution in [0.4, 0.5) is 5.69 Å². The summed E-state index contributed by atoms with van der Waals surface area (Å²) in [5.74, 6) is -0.253. The summed E-state index contributed by atoms with van der Waals surface area (Å²) in [4.78, 5) is 10.8. The monoisotopic (exact) mass is 209 g/mol. The average molecular weight is 209 g/mol. The maximum atomic E-state index is 10.8. The molecule has 0 heterocycles.